The molecule has 2 aromatic rings. The molecule has 3 heterocycles. The smallest absolute Gasteiger partial charge is 0.219 e. The molecule has 0 aliphatic carbocycles. The molecule has 0 N–H and O–H groups in total. The normalized spacial score (nSPS) is 21.6. The third-order valence-electron chi connectivity index (χ3n) is 6.35. The minimum Gasteiger partial charge on any atom is -0.343 e. The molecule has 2 aliphatic rings. The van der Waals surface area contributed by atoms with Gasteiger partial charge in [0, 0.05) is 56.3 Å². The number of amides is 1. The first-order valence-electron chi connectivity index (χ1n) is 10.7. The highest BCUT2D eigenvalue weighted by Gasteiger charge is 2.30. The average molecular weight is 378 g/mol. The number of carbonyl (C=O) groups is 1. The van der Waals surface area contributed by atoms with Crippen molar-refractivity contribution in [3.8, 4) is 0 Å². The Balaban J connectivity index is 1.39. The van der Waals surface area contributed by atoms with Crippen LogP contribution in [0.4, 0.5) is 0 Å². The molecule has 0 spiro atoms. The number of piperidine rings is 2. The Labute approximate surface area is 168 Å². The third kappa shape index (κ3) is 4.61. The molecule has 0 radical (unpaired) electrons. The van der Waals surface area contributed by atoms with Crippen LogP contribution in [0.25, 0.3) is 0 Å². The standard InChI is InChI=1S/C24H31N3O/c1-19(28)26-15-12-23(13-16-26)27-14-6-9-21(18-27)24-11-5-10-22(25-24)17-20-7-3-2-4-8-20/h2-5,7-8,10-11,21,23H,6,9,12-18H2,1H3. The lowest BCUT2D eigenvalue weighted by molar-refractivity contribution is -0.130. The Kier molecular flexibility index (Phi) is 6.06. The molecular weight excluding hydrogens is 346 g/mol. The maximum Gasteiger partial charge on any atom is 0.219 e. The summed E-state index contributed by atoms with van der Waals surface area (Å²) < 4.78 is 0. The number of aromatic nitrogens is 1. The van der Waals surface area contributed by atoms with Crippen molar-refractivity contribution in [3.63, 3.8) is 0 Å². The molecule has 1 aromatic carbocycles. The Bertz CT molecular complexity index is 783. The molecule has 0 saturated carbocycles. The third-order valence-corrected chi connectivity index (χ3v) is 6.35. The van der Waals surface area contributed by atoms with Crippen LogP contribution in [0.5, 0.6) is 0 Å². The molecule has 1 atom stereocenters. The van der Waals surface area contributed by atoms with Gasteiger partial charge in [-0.15, -0.1) is 0 Å². The summed E-state index contributed by atoms with van der Waals surface area (Å²) in [6, 6.07) is 17.7. The van der Waals surface area contributed by atoms with Gasteiger partial charge in [0.2, 0.25) is 5.91 Å². The number of hydrogen-bond donors (Lipinski definition) is 0. The molecule has 0 bridgehead atoms. The fourth-order valence-corrected chi connectivity index (χ4v) is 4.75. The van der Waals surface area contributed by atoms with E-state index in [4.69, 9.17) is 4.98 Å². The van der Waals surface area contributed by atoms with E-state index < -0.39 is 0 Å². The Morgan fingerprint density at radius 1 is 1.00 bits per heavy atom. The van der Waals surface area contributed by atoms with Gasteiger partial charge < -0.3 is 4.90 Å². The molecule has 148 valence electrons. The Morgan fingerprint density at radius 3 is 2.54 bits per heavy atom. The van der Waals surface area contributed by atoms with Gasteiger partial charge in [-0.05, 0) is 49.9 Å². The van der Waals surface area contributed by atoms with Gasteiger partial charge in [-0.1, -0.05) is 36.4 Å². The molecule has 2 fully saturated rings. The van der Waals surface area contributed by atoms with Gasteiger partial charge in [-0.25, -0.2) is 0 Å². The van der Waals surface area contributed by atoms with E-state index in [0.29, 0.717) is 12.0 Å². The summed E-state index contributed by atoms with van der Waals surface area (Å²) in [6.45, 7) is 5.79. The first-order chi connectivity index (χ1) is 13.7. The molecule has 1 amide bonds. The molecule has 1 aromatic heterocycles. The zero-order valence-corrected chi connectivity index (χ0v) is 16.9. The molecule has 1 unspecified atom stereocenters. The Morgan fingerprint density at radius 2 is 1.79 bits per heavy atom. The molecule has 4 nitrogen and oxygen atoms in total. The van der Waals surface area contributed by atoms with Crippen LogP contribution >= 0.6 is 0 Å². The minimum absolute atomic E-state index is 0.217. The first-order valence-corrected chi connectivity index (χ1v) is 10.7. The zero-order chi connectivity index (χ0) is 19.3. The summed E-state index contributed by atoms with van der Waals surface area (Å²) >= 11 is 0. The highest BCUT2D eigenvalue weighted by molar-refractivity contribution is 5.73. The summed E-state index contributed by atoms with van der Waals surface area (Å²) in [7, 11) is 0. The van der Waals surface area contributed by atoms with Gasteiger partial charge in [-0.3, -0.25) is 14.7 Å². The molecular formula is C24H31N3O. The maximum atomic E-state index is 11.6. The van der Waals surface area contributed by atoms with Gasteiger partial charge in [0.1, 0.15) is 0 Å². The predicted octanol–water partition coefficient (Wildman–Crippen LogP) is 3.86. The quantitative estimate of drug-likeness (QED) is 0.812. The number of benzene rings is 1. The van der Waals surface area contributed by atoms with Crippen LogP contribution in [0.3, 0.4) is 0 Å². The summed E-state index contributed by atoms with van der Waals surface area (Å²) in [6.07, 6.45) is 5.57. The minimum atomic E-state index is 0.217. The van der Waals surface area contributed by atoms with E-state index in [1.165, 1.54) is 30.6 Å². The number of rotatable bonds is 4. The molecule has 4 rings (SSSR count). The van der Waals surface area contributed by atoms with Crippen LogP contribution in [-0.2, 0) is 11.2 Å². The number of pyridine rings is 1. The van der Waals surface area contributed by atoms with Gasteiger partial charge in [-0.2, -0.15) is 0 Å². The molecule has 2 aliphatic heterocycles. The largest absolute Gasteiger partial charge is 0.343 e. The van der Waals surface area contributed by atoms with Gasteiger partial charge in [0.25, 0.3) is 0 Å². The van der Waals surface area contributed by atoms with E-state index in [0.717, 1.165) is 44.6 Å². The Hall–Kier alpha value is -2.20. The molecule has 2 saturated heterocycles. The SMILES string of the molecule is CC(=O)N1CCC(N2CCCC(c3cccc(Cc4ccccc4)n3)C2)CC1. The van der Waals surface area contributed by atoms with Gasteiger partial charge >= 0.3 is 0 Å². The van der Waals surface area contributed by atoms with Crippen molar-refractivity contribution in [2.24, 2.45) is 0 Å². The van der Waals surface area contributed by atoms with Crippen LogP contribution in [0.15, 0.2) is 48.5 Å². The van der Waals surface area contributed by atoms with E-state index in [9.17, 15) is 4.79 Å². The van der Waals surface area contributed by atoms with Crippen molar-refractivity contribution in [3.05, 3.63) is 65.5 Å². The highest BCUT2D eigenvalue weighted by Crippen LogP contribution is 2.29. The molecule has 4 heteroatoms. The van der Waals surface area contributed by atoms with E-state index in [1.807, 2.05) is 4.90 Å². The lowest BCUT2D eigenvalue weighted by Crippen LogP contribution is -2.49. The van der Waals surface area contributed by atoms with Crippen LogP contribution < -0.4 is 0 Å². The second-order valence-electron chi connectivity index (χ2n) is 8.29. The van der Waals surface area contributed by atoms with Crippen LogP contribution in [0.2, 0.25) is 0 Å². The first kappa shape index (κ1) is 19.1. The van der Waals surface area contributed by atoms with Gasteiger partial charge in [0.15, 0.2) is 0 Å². The van der Waals surface area contributed by atoms with Crippen LogP contribution in [-0.4, -0.2) is 52.9 Å². The lowest BCUT2D eigenvalue weighted by Gasteiger charge is -2.42. The van der Waals surface area contributed by atoms with Crippen LogP contribution in [0.1, 0.15) is 55.5 Å². The summed E-state index contributed by atoms with van der Waals surface area (Å²) in [5, 5.41) is 0. The van der Waals surface area contributed by atoms with E-state index in [2.05, 4.69) is 53.4 Å². The van der Waals surface area contributed by atoms with Crippen molar-refractivity contribution in [2.45, 2.75) is 51.0 Å². The fraction of sp³-hybridized carbons (Fsp3) is 0.500. The zero-order valence-electron chi connectivity index (χ0n) is 16.9. The van der Waals surface area contributed by atoms with Crippen molar-refractivity contribution < 1.29 is 4.79 Å². The van der Waals surface area contributed by atoms with Crippen molar-refractivity contribution in [1.82, 2.24) is 14.8 Å². The van der Waals surface area contributed by atoms with Crippen molar-refractivity contribution >= 4 is 5.91 Å². The summed E-state index contributed by atoms with van der Waals surface area (Å²) in [4.78, 5) is 21.3. The number of hydrogen-bond acceptors (Lipinski definition) is 3. The maximum absolute atomic E-state index is 11.6. The van der Waals surface area contributed by atoms with Crippen LogP contribution in [0, 0.1) is 0 Å². The average Bonchev–Trinajstić information content (AvgIpc) is 2.75. The predicted molar refractivity (Wildman–Crippen MR) is 112 cm³/mol. The fourth-order valence-electron chi connectivity index (χ4n) is 4.75. The van der Waals surface area contributed by atoms with Gasteiger partial charge in [0.05, 0.1) is 0 Å². The monoisotopic (exact) mass is 377 g/mol. The van der Waals surface area contributed by atoms with Crippen molar-refractivity contribution in [2.75, 3.05) is 26.2 Å². The number of carbonyl (C=O) groups excluding carboxylic acids is 1. The summed E-state index contributed by atoms with van der Waals surface area (Å²) in [5.41, 5.74) is 3.73. The number of nitrogens with zero attached hydrogens (tertiary/aromatic N) is 3. The highest BCUT2D eigenvalue weighted by atomic mass is 16.2. The summed E-state index contributed by atoms with van der Waals surface area (Å²) in [5.74, 6) is 0.740. The topological polar surface area (TPSA) is 36.4 Å². The van der Waals surface area contributed by atoms with E-state index in [-0.39, 0.29) is 5.91 Å². The van der Waals surface area contributed by atoms with E-state index in [1.54, 1.807) is 6.92 Å². The lowest BCUT2D eigenvalue weighted by atomic mass is 9.91. The second kappa shape index (κ2) is 8.87. The number of likely N-dealkylation sites (tertiary alicyclic amines) is 2. The second-order valence-corrected chi connectivity index (χ2v) is 8.29. The molecule has 28 heavy (non-hydrogen) atoms. The van der Waals surface area contributed by atoms with Crippen molar-refractivity contribution in [1.29, 1.82) is 0 Å². The van der Waals surface area contributed by atoms with E-state index >= 15 is 0 Å².